The molecule has 0 bridgehead atoms. The molecule has 0 aliphatic rings. The molecule has 4 nitrogen and oxygen atoms in total. The first kappa shape index (κ1) is 22.5. The van der Waals surface area contributed by atoms with Crippen LogP contribution in [0.15, 0.2) is 79.1 Å². The lowest BCUT2D eigenvalue weighted by molar-refractivity contribution is 0.569. The van der Waals surface area contributed by atoms with E-state index >= 15 is 0 Å². The highest BCUT2D eigenvalue weighted by Gasteiger charge is 2.29. The van der Waals surface area contributed by atoms with Crippen LogP contribution in [0, 0.1) is 26.2 Å². The molecule has 0 unspecified atom stereocenters. The van der Waals surface area contributed by atoms with Crippen molar-refractivity contribution in [3.63, 3.8) is 0 Å². The molecule has 0 saturated carbocycles. The Morgan fingerprint density at radius 3 is 2.03 bits per heavy atom. The highest BCUT2D eigenvalue weighted by molar-refractivity contribution is 6.07. The van der Waals surface area contributed by atoms with Crippen LogP contribution in [0.1, 0.15) is 43.3 Å². The molecule has 1 aromatic heterocycles. The molecule has 0 saturated heterocycles. The quantitative estimate of drug-likeness (QED) is 0.274. The second-order valence-corrected chi connectivity index (χ2v) is 9.58. The van der Waals surface area contributed by atoms with Gasteiger partial charge in [-0.1, -0.05) is 48.5 Å². The molecule has 0 spiro atoms. The maximum absolute atomic E-state index is 9.19. The fourth-order valence-electron chi connectivity index (χ4n) is 4.51. The van der Waals surface area contributed by atoms with Crippen molar-refractivity contribution in [2.45, 2.75) is 47.1 Å². The maximum Gasteiger partial charge on any atom is 0.180 e. The van der Waals surface area contributed by atoms with Gasteiger partial charge in [0.2, 0.25) is 0 Å². The van der Waals surface area contributed by atoms with Gasteiger partial charge in [0.1, 0.15) is 0 Å². The highest BCUT2D eigenvalue weighted by Crippen LogP contribution is 2.32. The van der Waals surface area contributed by atoms with E-state index in [9.17, 15) is 5.41 Å². The molecule has 33 heavy (non-hydrogen) atoms. The van der Waals surface area contributed by atoms with Crippen molar-refractivity contribution < 1.29 is 0 Å². The van der Waals surface area contributed by atoms with Crippen molar-refractivity contribution in [2.24, 2.45) is 0 Å². The number of nitrogens with zero attached hydrogens (tertiary/aromatic N) is 3. The second kappa shape index (κ2) is 8.70. The number of rotatable bonds is 4. The number of aryl methyl sites for hydroxylation is 3. The van der Waals surface area contributed by atoms with Crippen molar-refractivity contribution >= 4 is 11.5 Å². The number of benzene rings is 3. The van der Waals surface area contributed by atoms with Gasteiger partial charge >= 0.3 is 0 Å². The summed E-state index contributed by atoms with van der Waals surface area (Å²) in [5.74, 6) is 0.994. The van der Waals surface area contributed by atoms with Crippen LogP contribution >= 0.6 is 0 Å². The predicted molar refractivity (Wildman–Crippen MR) is 139 cm³/mol. The number of imidazole rings is 1. The van der Waals surface area contributed by atoms with Crippen molar-refractivity contribution in [3.05, 3.63) is 102 Å². The van der Waals surface area contributed by atoms with E-state index in [4.69, 9.17) is 0 Å². The van der Waals surface area contributed by atoms with Gasteiger partial charge in [-0.15, -0.1) is 0 Å². The largest absolute Gasteiger partial charge is 0.318 e. The van der Waals surface area contributed by atoms with Crippen LogP contribution in [0.4, 0.5) is 5.69 Å². The molecule has 0 fully saturated rings. The standard InChI is InChI=1S/C29H32N4/c1-20-10-7-8-13-25(20)32-19-18-31-28(32)27(30)33(29(4,5)6)24-16-14-23(15-17-24)26-21(2)11-9-12-22(26)3/h7-19,30H,1-6H3. The topological polar surface area (TPSA) is 44.9 Å². The molecule has 0 amide bonds. The minimum atomic E-state index is -0.306. The average molecular weight is 437 g/mol. The minimum Gasteiger partial charge on any atom is -0.318 e. The first-order valence-electron chi connectivity index (χ1n) is 11.3. The van der Waals surface area contributed by atoms with Crippen LogP contribution in [0.2, 0.25) is 0 Å². The van der Waals surface area contributed by atoms with E-state index in [2.05, 4.69) is 106 Å². The summed E-state index contributed by atoms with van der Waals surface area (Å²) in [6.07, 6.45) is 3.69. The van der Waals surface area contributed by atoms with Gasteiger partial charge in [-0.05, 0) is 87.6 Å². The Bertz CT molecular complexity index is 1270. The molecule has 4 rings (SSSR count). The third-order valence-electron chi connectivity index (χ3n) is 6.02. The number of anilines is 1. The Morgan fingerprint density at radius 1 is 0.818 bits per heavy atom. The van der Waals surface area contributed by atoms with Crippen molar-refractivity contribution in [3.8, 4) is 16.8 Å². The summed E-state index contributed by atoms with van der Waals surface area (Å²) in [6.45, 7) is 12.8. The fraction of sp³-hybridized carbons (Fsp3) is 0.241. The first-order chi connectivity index (χ1) is 15.7. The van der Waals surface area contributed by atoms with Gasteiger partial charge in [0.05, 0.1) is 5.69 Å². The molecule has 0 aliphatic carbocycles. The zero-order valence-electron chi connectivity index (χ0n) is 20.3. The monoisotopic (exact) mass is 436 g/mol. The Hall–Kier alpha value is -3.66. The third-order valence-corrected chi connectivity index (χ3v) is 6.02. The van der Waals surface area contributed by atoms with Gasteiger partial charge in [-0.2, -0.15) is 0 Å². The lowest BCUT2D eigenvalue weighted by Gasteiger charge is -2.37. The Kier molecular flexibility index (Phi) is 5.94. The molecule has 0 radical (unpaired) electrons. The molecule has 4 aromatic rings. The van der Waals surface area contributed by atoms with E-state index in [0.717, 1.165) is 16.9 Å². The van der Waals surface area contributed by atoms with Gasteiger partial charge in [0.15, 0.2) is 11.7 Å². The SMILES string of the molecule is Cc1ccccc1-n1ccnc1C(=N)N(c1ccc(-c2c(C)cccc2C)cc1)C(C)(C)C. The van der Waals surface area contributed by atoms with E-state index < -0.39 is 0 Å². The Labute approximate surface area is 197 Å². The number of hydrogen-bond acceptors (Lipinski definition) is 2. The summed E-state index contributed by atoms with van der Waals surface area (Å²) in [6, 6.07) is 23.1. The van der Waals surface area contributed by atoms with Crippen molar-refractivity contribution in [1.82, 2.24) is 9.55 Å². The molecule has 0 aliphatic heterocycles. The zero-order chi connectivity index (χ0) is 23.8. The molecule has 4 heteroatoms. The van der Waals surface area contributed by atoms with E-state index in [-0.39, 0.29) is 5.54 Å². The summed E-state index contributed by atoms with van der Waals surface area (Å²) < 4.78 is 2.00. The van der Waals surface area contributed by atoms with Gasteiger partial charge in [-0.25, -0.2) is 4.98 Å². The van der Waals surface area contributed by atoms with Crippen LogP contribution in [0.5, 0.6) is 0 Å². The average Bonchev–Trinajstić information content (AvgIpc) is 3.24. The van der Waals surface area contributed by atoms with Gasteiger partial charge in [0, 0.05) is 23.6 Å². The number of aromatic nitrogens is 2. The highest BCUT2D eigenvalue weighted by atomic mass is 15.3. The van der Waals surface area contributed by atoms with E-state index in [1.807, 2.05) is 22.9 Å². The molecule has 0 atom stereocenters. The summed E-state index contributed by atoms with van der Waals surface area (Å²) in [5.41, 5.74) is 7.85. The van der Waals surface area contributed by atoms with Crippen LogP contribution in [-0.2, 0) is 0 Å². The molecule has 1 N–H and O–H groups in total. The molecular formula is C29H32N4. The summed E-state index contributed by atoms with van der Waals surface area (Å²) >= 11 is 0. The molecule has 3 aromatic carbocycles. The number of nitrogens with one attached hydrogen (secondary N) is 1. The van der Waals surface area contributed by atoms with Crippen LogP contribution < -0.4 is 4.90 Å². The van der Waals surface area contributed by atoms with Crippen LogP contribution in [0.25, 0.3) is 16.8 Å². The van der Waals surface area contributed by atoms with Gasteiger partial charge in [0.25, 0.3) is 0 Å². The number of hydrogen-bond donors (Lipinski definition) is 1. The minimum absolute atomic E-state index is 0.306. The predicted octanol–water partition coefficient (Wildman–Crippen LogP) is 7.10. The third kappa shape index (κ3) is 4.34. The summed E-state index contributed by atoms with van der Waals surface area (Å²) in [5, 5.41) is 9.19. The van der Waals surface area contributed by atoms with Gasteiger partial charge in [-0.3, -0.25) is 9.98 Å². The normalized spacial score (nSPS) is 11.5. The summed E-state index contributed by atoms with van der Waals surface area (Å²) in [4.78, 5) is 6.63. The van der Waals surface area contributed by atoms with E-state index in [0.29, 0.717) is 11.7 Å². The molecular weight excluding hydrogens is 404 g/mol. The number of para-hydroxylation sites is 1. The van der Waals surface area contributed by atoms with E-state index in [1.165, 1.54) is 22.3 Å². The lowest BCUT2D eigenvalue weighted by atomic mass is 9.95. The number of amidine groups is 1. The smallest absolute Gasteiger partial charge is 0.180 e. The van der Waals surface area contributed by atoms with Crippen molar-refractivity contribution in [1.29, 1.82) is 5.41 Å². The first-order valence-corrected chi connectivity index (χ1v) is 11.3. The summed E-state index contributed by atoms with van der Waals surface area (Å²) in [7, 11) is 0. The Morgan fingerprint density at radius 2 is 1.42 bits per heavy atom. The molecule has 1 heterocycles. The van der Waals surface area contributed by atoms with Crippen LogP contribution in [-0.4, -0.2) is 20.9 Å². The second-order valence-electron chi connectivity index (χ2n) is 9.58. The zero-order valence-corrected chi connectivity index (χ0v) is 20.3. The fourth-order valence-corrected chi connectivity index (χ4v) is 4.51. The van der Waals surface area contributed by atoms with Crippen LogP contribution in [0.3, 0.4) is 0 Å². The Balaban J connectivity index is 1.75. The van der Waals surface area contributed by atoms with Gasteiger partial charge < -0.3 is 4.90 Å². The lowest BCUT2D eigenvalue weighted by Crippen LogP contribution is -2.46. The van der Waals surface area contributed by atoms with E-state index in [1.54, 1.807) is 6.20 Å². The van der Waals surface area contributed by atoms with Crippen molar-refractivity contribution in [2.75, 3.05) is 4.90 Å². The maximum atomic E-state index is 9.19. The molecule has 168 valence electrons.